The van der Waals surface area contributed by atoms with E-state index in [0.29, 0.717) is 6.42 Å². The maximum Gasteiger partial charge on any atom is 0.308 e. The second-order valence-electron chi connectivity index (χ2n) is 6.05. The molecule has 0 bridgehead atoms. The van der Waals surface area contributed by atoms with Crippen molar-refractivity contribution in [3.8, 4) is 0 Å². The summed E-state index contributed by atoms with van der Waals surface area (Å²) in [7, 11) is 1.40. The second kappa shape index (κ2) is 6.83. The molecule has 1 saturated carbocycles. The number of nitrogens with zero attached hydrogens (tertiary/aromatic N) is 2. The van der Waals surface area contributed by atoms with Gasteiger partial charge in [0.05, 0.1) is 25.1 Å². The summed E-state index contributed by atoms with van der Waals surface area (Å²) in [6, 6.07) is 5.81. The third kappa shape index (κ3) is 3.47. The highest BCUT2D eigenvalue weighted by Gasteiger charge is 2.31. The minimum Gasteiger partial charge on any atom is -0.469 e. The van der Waals surface area contributed by atoms with Crippen LogP contribution in [0.3, 0.4) is 0 Å². The van der Waals surface area contributed by atoms with Crippen LogP contribution in [-0.2, 0) is 20.9 Å². The fourth-order valence-electron chi connectivity index (χ4n) is 3.29. The molecule has 6 heteroatoms. The zero-order valence-corrected chi connectivity index (χ0v) is 14.6. The van der Waals surface area contributed by atoms with Crippen LogP contribution in [-0.4, -0.2) is 28.6 Å². The Hall–Kier alpha value is -1.69. The number of esters is 1. The molecule has 0 N–H and O–H groups in total. The summed E-state index contributed by atoms with van der Waals surface area (Å²) in [5.74, 6) is -0.282. The molecule has 0 amide bonds. The molecule has 5 nitrogen and oxygen atoms in total. The molecule has 122 valence electrons. The Morgan fingerprint density at radius 2 is 2.13 bits per heavy atom. The Morgan fingerprint density at radius 3 is 2.87 bits per heavy atom. The number of methoxy groups -OCH3 is 1. The third-order valence-electron chi connectivity index (χ3n) is 4.53. The predicted octanol–water partition coefficient (Wildman–Crippen LogP) is 3.35. The highest BCUT2D eigenvalue weighted by atomic mass is 79.9. The van der Waals surface area contributed by atoms with Crippen molar-refractivity contribution in [1.82, 2.24) is 9.78 Å². The molecule has 1 fully saturated rings. The van der Waals surface area contributed by atoms with E-state index in [0.717, 1.165) is 34.6 Å². The predicted molar refractivity (Wildman–Crippen MR) is 89.9 cm³/mol. The van der Waals surface area contributed by atoms with Crippen molar-refractivity contribution in [2.24, 2.45) is 11.8 Å². The van der Waals surface area contributed by atoms with Gasteiger partial charge in [-0.1, -0.05) is 28.4 Å². The molecule has 2 atom stereocenters. The van der Waals surface area contributed by atoms with Gasteiger partial charge in [0, 0.05) is 22.0 Å². The molecule has 0 spiro atoms. The number of hydrogen-bond acceptors (Lipinski definition) is 4. The van der Waals surface area contributed by atoms with Crippen LogP contribution in [0.25, 0.3) is 10.9 Å². The molecular weight excluding hydrogens is 360 g/mol. The van der Waals surface area contributed by atoms with Crippen LogP contribution >= 0.6 is 15.9 Å². The van der Waals surface area contributed by atoms with Gasteiger partial charge in [0.1, 0.15) is 0 Å². The summed E-state index contributed by atoms with van der Waals surface area (Å²) in [5.41, 5.74) is 0.864. The molecule has 3 rings (SSSR count). The van der Waals surface area contributed by atoms with E-state index >= 15 is 0 Å². The van der Waals surface area contributed by atoms with Crippen LogP contribution in [0.2, 0.25) is 0 Å². The van der Waals surface area contributed by atoms with Gasteiger partial charge in [-0.05, 0) is 31.4 Å². The number of halogens is 1. The molecule has 1 heterocycles. The van der Waals surface area contributed by atoms with Crippen molar-refractivity contribution in [3.05, 3.63) is 28.9 Å². The maximum atomic E-state index is 12.6. The van der Waals surface area contributed by atoms with E-state index in [-0.39, 0.29) is 30.1 Å². The van der Waals surface area contributed by atoms with Crippen LogP contribution in [0.4, 0.5) is 0 Å². The average Bonchev–Trinajstić information content (AvgIpc) is 2.98. The molecule has 1 aliphatic carbocycles. The standard InChI is InChI=1S/C17H19BrN2O3/c1-23-17(22)12-5-2-4-11(8-12)16(21)10-20-9-13-14(18)6-3-7-15(13)19-20/h3,6-7,9,11-12H,2,4-5,8,10H2,1H3. The molecule has 1 aromatic heterocycles. The van der Waals surface area contributed by atoms with E-state index in [1.807, 2.05) is 24.4 Å². The third-order valence-corrected chi connectivity index (χ3v) is 5.22. The van der Waals surface area contributed by atoms with Gasteiger partial charge in [-0.15, -0.1) is 0 Å². The number of Topliss-reactive ketones (excluding diaryl/α,β-unsaturated/α-hetero) is 1. The first-order valence-corrected chi connectivity index (χ1v) is 8.60. The van der Waals surface area contributed by atoms with Gasteiger partial charge < -0.3 is 4.74 Å². The van der Waals surface area contributed by atoms with Gasteiger partial charge in [-0.25, -0.2) is 0 Å². The van der Waals surface area contributed by atoms with E-state index in [4.69, 9.17) is 4.74 Å². The molecule has 1 aromatic carbocycles. The number of aromatic nitrogens is 2. The SMILES string of the molecule is COC(=O)C1CCCC(C(=O)Cn2cc3c(Br)cccc3n2)C1. The minimum absolute atomic E-state index is 0.0800. The molecule has 0 radical (unpaired) electrons. The Kier molecular flexibility index (Phi) is 4.80. The van der Waals surface area contributed by atoms with Crippen molar-refractivity contribution in [2.45, 2.75) is 32.2 Å². The second-order valence-corrected chi connectivity index (χ2v) is 6.90. The number of fused-ring (bicyclic) bond motifs is 1. The number of ketones is 1. The van der Waals surface area contributed by atoms with Gasteiger partial charge in [0.25, 0.3) is 0 Å². The highest BCUT2D eigenvalue weighted by Crippen LogP contribution is 2.31. The molecule has 23 heavy (non-hydrogen) atoms. The normalized spacial score (nSPS) is 21.3. The summed E-state index contributed by atoms with van der Waals surface area (Å²) in [6.07, 6.45) is 5.03. The summed E-state index contributed by atoms with van der Waals surface area (Å²) in [4.78, 5) is 24.3. The summed E-state index contributed by atoms with van der Waals surface area (Å²) >= 11 is 3.50. The number of benzene rings is 1. The van der Waals surface area contributed by atoms with Crippen molar-refractivity contribution in [1.29, 1.82) is 0 Å². The molecule has 2 unspecified atom stereocenters. The van der Waals surface area contributed by atoms with Crippen LogP contribution < -0.4 is 0 Å². The fraction of sp³-hybridized carbons (Fsp3) is 0.471. The average molecular weight is 379 g/mol. The van der Waals surface area contributed by atoms with Gasteiger partial charge >= 0.3 is 5.97 Å². The van der Waals surface area contributed by atoms with Crippen molar-refractivity contribution < 1.29 is 14.3 Å². The van der Waals surface area contributed by atoms with Crippen LogP contribution in [0, 0.1) is 11.8 Å². The Morgan fingerprint density at radius 1 is 1.35 bits per heavy atom. The highest BCUT2D eigenvalue weighted by molar-refractivity contribution is 9.10. The first-order chi connectivity index (χ1) is 11.1. The number of carbonyl (C=O) groups is 2. The quantitative estimate of drug-likeness (QED) is 0.765. The summed E-state index contributed by atoms with van der Waals surface area (Å²) in [5, 5.41) is 5.45. The van der Waals surface area contributed by atoms with Crippen molar-refractivity contribution in [3.63, 3.8) is 0 Å². The summed E-state index contributed by atoms with van der Waals surface area (Å²) < 4.78 is 7.48. The largest absolute Gasteiger partial charge is 0.469 e. The number of carbonyl (C=O) groups excluding carboxylic acids is 2. The Balaban J connectivity index is 1.70. The van der Waals surface area contributed by atoms with Crippen molar-refractivity contribution in [2.75, 3.05) is 7.11 Å². The smallest absolute Gasteiger partial charge is 0.308 e. The Labute approximate surface area is 143 Å². The Bertz CT molecular complexity index is 741. The van der Waals surface area contributed by atoms with Crippen LogP contribution in [0.15, 0.2) is 28.9 Å². The van der Waals surface area contributed by atoms with Crippen LogP contribution in [0.5, 0.6) is 0 Å². The van der Waals surface area contributed by atoms with Gasteiger partial charge in [0.15, 0.2) is 5.78 Å². The molecular formula is C17H19BrN2O3. The molecule has 1 aliphatic rings. The number of rotatable bonds is 4. The van der Waals surface area contributed by atoms with Crippen LogP contribution in [0.1, 0.15) is 25.7 Å². The number of ether oxygens (including phenoxy) is 1. The minimum atomic E-state index is -0.198. The zero-order chi connectivity index (χ0) is 16.4. The van der Waals surface area contributed by atoms with Gasteiger partial charge in [-0.2, -0.15) is 5.10 Å². The van der Waals surface area contributed by atoms with E-state index in [2.05, 4.69) is 21.0 Å². The van der Waals surface area contributed by atoms with E-state index in [1.165, 1.54) is 7.11 Å². The zero-order valence-electron chi connectivity index (χ0n) is 13.0. The lowest BCUT2D eigenvalue weighted by molar-refractivity contribution is -0.147. The van der Waals surface area contributed by atoms with E-state index in [1.54, 1.807) is 4.68 Å². The van der Waals surface area contributed by atoms with Crippen molar-refractivity contribution >= 4 is 38.6 Å². The van der Waals surface area contributed by atoms with Gasteiger partial charge in [-0.3, -0.25) is 14.3 Å². The van der Waals surface area contributed by atoms with E-state index < -0.39 is 0 Å². The first kappa shape index (κ1) is 16.2. The first-order valence-electron chi connectivity index (χ1n) is 7.80. The topological polar surface area (TPSA) is 61.2 Å². The fourth-order valence-corrected chi connectivity index (χ4v) is 3.75. The van der Waals surface area contributed by atoms with Gasteiger partial charge in [0.2, 0.25) is 0 Å². The molecule has 0 aliphatic heterocycles. The monoisotopic (exact) mass is 378 g/mol. The summed E-state index contributed by atoms with van der Waals surface area (Å²) in [6.45, 7) is 0.250. The lowest BCUT2D eigenvalue weighted by atomic mass is 9.79. The molecule has 2 aromatic rings. The number of hydrogen-bond donors (Lipinski definition) is 0. The lowest BCUT2D eigenvalue weighted by Gasteiger charge is -2.26. The van der Waals surface area contributed by atoms with E-state index in [9.17, 15) is 9.59 Å². The lowest BCUT2D eigenvalue weighted by Crippen LogP contribution is -2.30. The molecule has 0 saturated heterocycles. The maximum absolute atomic E-state index is 12.6.